The molecule has 1 aromatic heterocycles. The molecule has 1 spiro atoms. The number of nitrogens with zero attached hydrogens (tertiary/aromatic N) is 7. The lowest BCUT2D eigenvalue weighted by atomic mass is 9.82. The molecule has 4 heterocycles. The summed E-state index contributed by atoms with van der Waals surface area (Å²) in [5.41, 5.74) is 3.23. The van der Waals surface area contributed by atoms with Gasteiger partial charge >= 0.3 is 0 Å². The van der Waals surface area contributed by atoms with Crippen molar-refractivity contribution >= 4 is 47.8 Å². The van der Waals surface area contributed by atoms with Crippen molar-refractivity contribution in [2.45, 2.75) is 76.0 Å². The predicted molar refractivity (Wildman–Crippen MR) is 225 cm³/mol. The molecule has 4 aromatic carbocycles. The first-order valence-electron chi connectivity index (χ1n) is 19.9. The van der Waals surface area contributed by atoms with Crippen molar-refractivity contribution in [1.29, 1.82) is 0 Å². The van der Waals surface area contributed by atoms with Gasteiger partial charge in [-0.05, 0) is 53.4 Å². The predicted octanol–water partition coefficient (Wildman–Crippen LogP) is 6.11. The molecule has 1 fully saturated rings. The molecule has 2 amide bonds. The van der Waals surface area contributed by atoms with E-state index >= 15 is 4.79 Å². The van der Waals surface area contributed by atoms with Gasteiger partial charge in [0, 0.05) is 62.2 Å². The summed E-state index contributed by atoms with van der Waals surface area (Å²) in [7, 11) is -0.858. The Kier molecular flexibility index (Phi) is 10.8. The van der Waals surface area contributed by atoms with Gasteiger partial charge in [-0.1, -0.05) is 85.0 Å². The van der Waals surface area contributed by atoms with Crippen LogP contribution in [0.5, 0.6) is 5.75 Å². The number of anilines is 2. The van der Waals surface area contributed by atoms with Gasteiger partial charge in [0.2, 0.25) is 5.91 Å². The van der Waals surface area contributed by atoms with E-state index in [-0.39, 0.29) is 42.1 Å². The van der Waals surface area contributed by atoms with Crippen LogP contribution >= 0.6 is 0 Å². The van der Waals surface area contributed by atoms with Gasteiger partial charge in [0.1, 0.15) is 5.75 Å². The zero-order chi connectivity index (χ0) is 41.5. The van der Waals surface area contributed by atoms with Crippen LogP contribution in [0.2, 0.25) is 18.6 Å². The standard InChI is InChI=1S/C44H47N7O7Si/c1-29-42(59(3,4)36-17-15-35(57-2)16-18-36)40(22-24-48-28-32(23-25-52)45-47-48)58-44(29)37-26-34(51(55)56)14-20-39(37)49(43(44)54)27-30-10-12-33(13-11-30)50-41(53)21-19-38(46-50)31-8-6-5-7-9-31/h5-18,20,26,28-29,40,42,52H,19,21-25,27H2,1-4H3/t29-,40+,42-,44+/m0/s1. The molecular formula is C44H47N7O7Si. The number of fused-ring (bicyclic) bond motifs is 2. The number of benzene rings is 4. The van der Waals surface area contributed by atoms with E-state index in [1.807, 2.05) is 72.9 Å². The topological polar surface area (TPSA) is 166 Å². The zero-order valence-corrected chi connectivity index (χ0v) is 34.5. The van der Waals surface area contributed by atoms with Crippen molar-refractivity contribution in [2.75, 3.05) is 23.6 Å². The molecule has 15 heteroatoms. The smallest absolute Gasteiger partial charge is 0.269 e. The van der Waals surface area contributed by atoms with E-state index in [1.165, 1.54) is 22.3 Å². The monoisotopic (exact) mass is 813 g/mol. The van der Waals surface area contributed by atoms with Crippen LogP contribution in [0.15, 0.2) is 108 Å². The zero-order valence-electron chi connectivity index (χ0n) is 33.5. The molecule has 1 saturated heterocycles. The highest BCUT2D eigenvalue weighted by atomic mass is 28.3. The number of ether oxygens (including phenoxy) is 2. The van der Waals surface area contributed by atoms with Crippen LogP contribution in [-0.4, -0.2) is 70.4 Å². The SMILES string of the molecule is COc1ccc([Si](C)(C)[C@@H]2[C@@H](CCn3cc(CCO)nn3)O[C@]3(C(=O)N(Cc4ccc(N5N=C(c6ccccc6)CCC5=O)cc4)c4ccc([N+](=O)[O-])cc43)[C@H]2C)cc1. The Morgan fingerprint density at radius 2 is 1.75 bits per heavy atom. The molecule has 304 valence electrons. The number of hydrogen-bond donors (Lipinski definition) is 1. The molecule has 5 aromatic rings. The molecule has 0 saturated carbocycles. The summed E-state index contributed by atoms with van der Waals surface area (Å²) in [6, 6.07) is 29.9. The molecule has 8 rings (SSSR count). The average molecular weight is 814 g/mol. The number of aromatic nitrogens is 3. The number of carbonyl (C=O) groups is 2. The number of methoxy groups -OCH3 is 1. The van der Waals surface area contributed by atoms with E-state index in [4.69, 9.17) is 14.6 Å². The second kappa shape index (κ2) is 16.0. The highest BCUT2D eigenvalue weighted by Crippen LogP contribution is 2.60. The molecule has 0 bridgehead atoms. The fourth-order valence-electron chi connectivity index (χ4n) is 9.30. The number of non-ortho nitro benzene ring substituents is 1. The molecule has 4 atom stereocenters. The Morgan fingerprint density at radius 3 is 2.44 bits per heavy atom. The van der Waals surface area contributed by atoms with Crippen molar-refractivity contribution in [3.63, 3.8) is 0 Å². The minimum absolute atomic E-state index is 0.0369. The largest absolute Gasteiger partial charge is 0.497 e. The summed E-state index contributed by atoms with van der Waals surface area (Å²) in [5.74, 6) is -0.00265. The number of aliphatic hydroxyl groups is 1. The third-order valence-corrected chi connectivity index (χ3v) is 16.6. The number of aliphatic hydroxyl groups excluding tert-OH is 1. The van der Waals surface area contributed by atoms with E-state index in [0.717, 1.165) is 22.6 Å². The van der Waals surface area contributed by atoms with Gasteiger partial charge in [0.05, 0.1) is 55.5 Å². The minimum atomic E-state index is -2.49. The fraction of sp³-hybridized carbons (Fsp3) is 0.341. The molecule has 0 radical (unpaired) electrons. The third kappa shape index (κ3) is 7.23. The quantitative estimate of drug-likeness (QED) is 0.0839. The second-order valence-corrected chi connectivity index (χ2v) is 20.7. The summed E-state index contributed by atoms with van der Waals surface area (Å²) < 4.78 is 14.4. The van der Waals surface area contributed by atoms with Crippen molar-refractivity contribution in [2.24, 2.45) is 11.0 Å². The number of carbonyl (C=O) groups excluding carboxylic acids is 2. The Balaban J connectivity index is 1.14. The fourth-order valence-corrected chi connectivity index (χ4v) is 13.4. The van der Waals surface area contributed by atoms with Gasteiger partial charge in [-0.2, -0.15) is 5.10 Å². The highest BCUT2D eigenvalue weighted by Gasteiger charge is 2.66. The lowest BCUT2D eigenvalue weighted by Gasteiger charge is -2.37. The Bertz CT molecular complexity index is 2400. The first kappa shape index (κ1) is 39.8. The molecule has 0 aliphatic carbocycles. The molecule has 0 unspecified atom stereocenters. The lowest BCUT2D eigenvalue weighted by molar-refractivity contribution is -0.385. The molecule has 14 nitrogen and oxygen atoms in total. The van der Waals surface area contributed by atoms with Crippen molar-refractivity contribution in [1.82, 2.24) is 15.0 Å². The number of aryl methyl sites for hydroxylation is 1. The Labute approximate surface area is 343 Å². The summed E-state index contributed by atoms with van der Waals surface area (Å²) in [6.45, 7) is 7.22. The minimum Gasteiger partial charge on any atom is -0.497 e. The number of hydrogen-bond acceptors (Lipinski definition) is 10. The van der Waals surface area contributed by atoms with Gasteiger partial charge in [-0.15, -0.1) is 5.10 Å². The maximum atomic E-state index is 15.3. The van der Waals surface area contributed by atoms with Gasteiger partial charge in [-0.25, -0.2) is 5.01 Å². The van der Waals surface area contributed by atoms with E-state index < -0.39 is 24.7 Å². The maximum Gasteiger partial charge on any atom is 0.269 e. The summed E-state index contributed by atoms with van der Waals surface area (Å²) >= 11 is 0. The van der Waals surface area contributed by atoms with Gasteiger partial charge in [0.25, 0.3) is 11.6 Å². The Morgan fingerprint density at radius 1 is 1.00 bits per heavy atom. The molecule has 59 heavy (non-hydrogen) atoms. The van der Waals surface area contributed by atoms with Crippen LogP contribution in [0, 0.1) is 16.0 Å². The van der Waals surface area contributed by atoms with Gasteiger partial charge < -0.3 is 19.5 Å². The van der Waals surface area contributed by atoms with Gasteiger partial charge in [-0.3, -0.25) is 24.4 Å². The average Bonchev–Trinajstić information content (AvgIpc) is 3.90. The number of hydrazone groups is 1. The van der Waals surface area contributed by atoms with Crippen molar-refractivity contribution in [3.05, 3.63) is 136 Å². The van der Waals surface area contributed by atoms with Crippen LogP contribution in [0.4, 0.5) is 17.1 Å². The Hall–Kier alpha value is -6.03. The molecule has 3 aliphatic rings. The number of rotatable bonds is 13. The highest BCUT2D eigenvalue weighted by molar-refractivity contribution is 6.91. The van der Waals surface area contributed by atoms with Crippen molar-refractivity contribution < 1.29 is 29.1 Å². The van der Waals surface area contributed by atoms with E-state index in [1.54, 1.807) is 22.8 Å². The van der Waals surface area contributed by atoms with Crippen LogP contribution in [-0.2, 0) is 39.4 Å². The summed E-state index contributed by atoms with van der Waals surface area (Å²) in [4.78, 5) is 41.9. The first-order chi connectivity index (χ1) is 28.4. The lowest BCUT2D eigenvalue weighted by Crippen LogP contribution is -2.51. The van der Waals surface area contributed by atoms with Gasteiger partial charge in [0.15, 0.2) is 5.60 Å². The van der Waals surface area contributed by atoms with E-state index in [2.05, 4.69) is 42.5 Å². The first-order valence-corrected chi connectivity index (χ1v) is 23.0. The number of nitro benzene ring substituents is 1. The van der Waals surface area contributed by atoms with Crippen LogP contribution < -0.4 is 19.8 Å². The van der Waals surface area contributed by atoms with Crippen LogP contribution in [0.3, 0.4) is 0 Å². The second-order valence-electron chi connectivity index (χ2n) is 16.0. The normalized spacial score (nSPS) is 21.6. The molecule has 1 N–H and O–H groups in total. The molecular weight excluding hydrogens is 767 g/mol. The summed E-state index contributed by atoms with van der Waals surface area (Å²) in [5, 5.41) is 37.5. The maximum absolute atomic E-state index is 15.3. The molecule has 3 aliphatic heterocycles. The summed E-state index contributed by atoms with van der Waals surface area (Å²) in [6.07, 6.45) is 3.19. The van der Waals surface area contributed by atoms with Crippen molar-refractivity contribution in [3.8, 4) is 5.75 Å². The van der Waals surface area contributed by atoms with Crippen LogP contribution in [0.25, 0.3) is 0 Å². The van der Waals surface area contributed by atoms with E-state index in [0.29, 0.717) is 54.9 Å². The van der Waals surface area contributed by atoms with E-state index in [9.17, 15) is 20.0 Å². The number of amides is 2. The third-order valence-electron chi connectivity index (χ3n) is 12.3. The van der Waals surface area contributed by atoms with Crippen LogP contribution in [0.1, 0.15) is 48.6 Å². The number of nitro groups is 1.